The largest absolute Gasteiger partial charge is 0.496 e. The SMILES string of the molecule is COc1c(C)cc(Br)cc1C(=O)NCc1ccccc1. The maximum atomic E-state index is 12.3. The normalized spacial score (nSPS) is 10.2. The Hall–Kier alpha value is -1.81. The van der Waals surface area contributed by atoms with E-state index in [1.54, 1.807) is 13.2 Å². The zero-order valence-electron chi connectivity index (χ0n) is 11.4. The van der Waals surface area contributed by atoms with Crippen LogP contribution in [0.1, 0.15) is 21.5 Å². The summed E-state index contributed by atoms with van der Waals surface area (Å²) in [4.78, 5) is 12.3. The number of amides is 1. The molecule has 3 nitrogen and oxygen atoms in total. The molecule has 20 heavy (non-hydrogen) atoms. The number of ether oxygens (including phenoxy) is 1. The van der Waals surface area contributed by atoms with Crippen molar-refractivity contribution in [3.05, 3.63) is 63.6 Å². The van der Waals surface area contributed by atoms with Crippen LogP contribution in [-0.2, 0) is 6.54 Å². The van der Waals surface area contributed by atoms with Gasteiger partial charge in [-0.25, -0.2) is 0 Å². The van der Waals surface area contributed by atoms with Gasteiger partial charge < -0.3 is 10.1 Å². The predicted octanol–water partition coefficient (Wildman–Crippen LogP) is 3.70. The second-order valence-electron chi connectivity index (χ2n) is 4.47. The molecule has 0 saturated carbocycles. The molecule has 0 bridgehead atoms. The van der Waals surface area contributed by atoms with Gasteiger partial charge in [0, 0.05) is 11.0 Å². The van der Waals surface area contributed by atoms with Crippen LogP contribution in [0.4, 0.5) is 0 Å². The number of halogens is 1. The monoisotopic (exact) mass is 333 g/mol. The lowest BCUT2D eigenvalue weighted by Gasteiger charge is -2.12. The Kier molecular flexibility index (Phi) is 4.79. The first-order valence-corrected chi connectivity index (χ1v) is 7.07. The minimum atomic E-state index is -0.143. The van der Waals surface area contributed by atoms with Crippen LogP contribution in [0.2, 0.25) is 0 Å². The third-order valence-corrected chi connectivity index (χ3v) is 3.44. The van der Waals surface area contributed by atoms with E-state index in [0.717, 1.165) is 15.6 Å². The summed E-state index contributed by atoms with van der Waals surface area (Å²) in [7, 11) is 1.57. The summed E-state index contributed by atoms with van der Waals surface area (Å²) in [5.41, 5.74) is 2.52. The molecule has 0 aliphatic heterocycles. The maximum absolute atomic E-state index is 12.3. The Bertz CT molecular complexity index is 611. The van der Waals surface area contributed by atoms with Gasteiger partial charge in [-0.05, 0) is 30.2 Å². The molecule has 2 aromatic carbocycles. The highest BCUT2D eigenvalue weighted by molar-refractivity contribution is 9.10. The van der Waals surface area contributed by atoms with Crippen LogP contribution in [0.15, 0.2) is 46.9 Å². The molecule has 0 aliphatic rings. The highest BCUT2D eigenvalue weighted by Gasteiger charge is 2.15. The van der Waals surface area contributed by atoms with Gasteiger partial charge in [-0.1, -0.05) is 46.3 Å². The number of nitrogens with one attached hydrogen (secondary N) is 1. The minimum absolute atomic E-state index is 0.143. The first-order chi connectivity index (χ1) is 9.61. The van der Waals surface area contributed by atoms with E-state index >= 15 is 0 Å². The first-order valence-electron chi connectivity index (χ1n) is 6.28. The van der Waals surface area contributed by atoms with Crippen LogP contribution in [0.3, 0.4) is 0 Å². The van der Waals surface area contributed by atoms with Gasteiger partial charge in [0.05, 0.1) is 12.7 Å². The van der Waals surface area contributed by atoms with Crippen molar-refractivity contribution in [1.29, 1.82) is 0 Å². The molecule has 0 fully saturated rings. The van der Waals surface area contributed by atoms with Crippen LogP contribution < -0.4 is 10.1 Å². The van der Waals surface area contributed by atoms with E-state index in [0.29, 0.717) is 17.9 Å². The third-order valence-electron chi connectivity index (χ3n) is 2.98. The van der Waals surface area contributed by atoms with Gasteiger partial charge in [0.25, 0.3) is 5.91 Å². The quantitative estimate of drug-likeness (QED) is 0.926. The molecule has 0 heterocycles. The molecule has 4 heteroatoms. The van der Waals surface area contributed by atoms with E-state index in [-0.39, 0.29) is 5.91 Å². The van der Waals surface area contributed by atoms with E-state index in [1.807, 2.05) is 43.3 Å². The molecule has 2 rings (SSSR count). The fourth-order valence-electron chi connectivity index (χ4n) is 2.04. The van der Waals surface area contributed by atoms with Gasteiger partial charge in [-0.3, -0.25) is 4.79 Å². The van der Waals surface area contributed by atoms with Crippen molar-refractivity contribution >= 4 is 21.8 Å². The fraction of sp³-hybridized carbons (Fsp3) is 0.188. The van der Waals surface area contributed by atoms with Gasteiger partial charge >= 0.3 is 0 Å². The van der Waals surface area contributed by atoms with Crippen molar-refractivity contribution in [3.63, 3.8) is 0 Å². The van der Waals surface area contributed by atoms with Crippen molar-refractivity contribution in [2.75, 3.05) is 7.11 Å². The fourth-order valence-corrected chi connectivity index (χ4v) is 2.62. The highest BCUT2D eigenvalue weighted by atomic mass is 79.9. The van der Waals surface area contributed by atoms with Crippen LogP contribution in [-0.4, -0.2) is 13.0 Å². The van der Waals surface area contributed by atoms with E-state index in [2.05, 4.69) is 21.2 Å². The topological polar surface area (TPSA) is 38.3 Å². The number of aryl methyl sites for hydroxylation is 1. The number of methoxy groups -OCH3 is 1. The van der Waals surface area contributed by atoms with Crippen molar-refractivity contribution < 1.29 is 9.53 Å². The molecule has 0 aliphatic carbocycles. The average molecular weight is 334 g/mol. The molecule has 104 valence electrons. The second-order valence-corrected chi connectivity index (χ2v) is 5.39. The van der Waals surface area contributed by atoms with Gasteiger partial charge in [0.2, 0.25) is 0 Å². The van der Waals surface area contributed by atoms with Crippen molar-refractivity contribution in [3.8, 4) is 5.75 Å². The maximum Gasteiger partial charge on any atom is 0.255 e. The number of benzene rings is 2. The van der Waals surface area contributed by atoms with Crippen LogP contribution in [0.25, 0.3) is 0 Å². The smallest absolute Gasteiger partial charge is 0.255 e. The van der Waals surface area contributed by atoms with Crippen molar-refractivity contribution in [2.45, 2.75) is 13.5 Å². The zero-order chi connectivity index (χ0) is 14.5. The summed E-state index contributed by atoms with van der Waals surface area (Å²) in [6.45, 7) is 2.41. The van der Waals surface area contributed by atoms with Crippen LogP contribution in [0, 0.1) is 6.92 Å². The lowest BCUT2D eigenvalue weighted by atomic mass is 10.1. The molecular formula is C16H16BrNO2. The number of hydrogen-bond donors (Lipinski definition) is 1. The van der Waals surface area contributed by atoms with E-state index in [1.165, 1.54) is 0 Å². The average Bonchev–Trinajstić information content (AvgIpc) is 2.45. The summed E-state index contributed by atoms with van der Waals surface area (Å²) < 4.78 is 6.18. The van der Waals surface area contributed by atoms with Crippen molar-refractivity contribution in [1.82, 2.24) is 5.32 Å². The standard InChI is InChI=1S/C16H16BrNO2/c1-11-8-13(17)9-14(15(11)20-2)16(19)18-10-12-6-4-3-5-7-12/h3-9H,10H2,1-2H3,(H,18,19). The minimum Gasteiger partial charge on any atom is -0.496 e. The Balaban J connectivity index is 2.17. The molecular weight excluding hydrogens is 318 g/mol. The van der Waals surface area contributed by atoms with E-state index < -0.39 is 0 Å². The lowest BCUT2D eigenvalue weighted by Crippen LogP contribution is -2.23. The van der Waals surface area contributed by atoms with E-state index in [4.69, 9.17) is 4.74 Å². The Morgan fingerprint density at radius 3 is 2.60 bits per heavy atom. The second kappa shape index (κ2) is 6.57. The molecule has 2 aromatic rings. The van der Waals surface area contributed by atoms with Gasteiger partial charge in [0.1, 0.15) is 5.75 Å². The first kappa shape index (κ1) is 14.6. The van der Waals surface area contributed by atoms with Gasteiger partial charge in [-0.2, -0.15) is 0 Å². The van der Waals surface area contributed by atoms with E-state index in [9.17, 15) is 4.79 Å². The number of carbonyl (C=O) groups is 1. The molecule has 0 unspecified atom stereocenters. The zero-order valence-corrected chi connectivity index (χ0v) is 13.0. The molecule has 0 saturated heterocycles. The van der Waals surface area contributed by atoms with Crippen LogP contribution in [0.5, 0.6) is 5.75 Å². The number of rotatable bonds is 4. The predicted molar refractivity (Wildman–Crippen MR) is 83.0 cm³/mol. The molecule has 0 atom stereocenters. The summed E-state index contributed by atoms with van der Waals surface area (Å²) >= 11 is 3.41. The van der Waals surface area contributed by atoms with Gasteiger partial charge in [-0.15, -0.1) is 0 Å². The number of hydrogen-bond acceptors (Lipinski definition) is 2. The van der Waals surface area contributed by atoms with Gasteiger partial charge in [0.15, 0.2) is 0 Å². The Morgan fingerprint density at radius 1 is 1.25 bits per heavy atom. The molecule has 0 spiro atoms. The third kappa shape index (κ3) is 3.39. The molecule has 0 radical (unpaired) electrons. The molecule has 1 N–H and O–H groups in total. The summed E-state index contributed by atoms with van der Waals surface area (Å²) in [6, 6.07) is 13.5. The van der Waals surface area contributed by atoms with Crippen molar-refractivity contribution in [2.24, 2.45) is 0 Å². The lowest BCUT2D eigenvalue weighted by molar-refractivity contribution is 0.0947. The highest BCUT2D eigenvalue weighted by Crippen LogP contribution is 2.27. The summed E-state index contributed by atoms with van der Waals surface area (Å²) in [5, 5.41) is 2.90. The summed E-state index contributed by atoms with van der Waals surface area (Å²) in [5.74, 6) is 0.467. The number of carbonyl (C=O) groups excluding carboxylic acids is 1. The molecule has 0 aromatic heterocycles. The summed E-state index contributed by atoms with van der Waals surface area (Å²) in [6.07, 6.45) is 0. The Labute approximate surface area is 127 Å². The van der Waals surface area contributed by atoms with Crippen LogP contribution >= 0.6 is 15.9 Å². The molecule has 1 amide bonds. The Morgan fingerprint density at radius 2 is 1.95 bits per heavy atom.